The summed E-state index contributed by atoms with van der Waals surface area (Å²) in [5.41, 5.74) is 51.9. The Morgan fingerprint density at radius 3 is 1.33 bits per heavy atom. The number of aldehydes is 1. The molecule has 0 spiro atoms. The number of primary amides is 1. The van der Waals surface area contributed by atoms with Gasteiger partial charge < -0.3 is 167 Å². The molecule has 2 aliphatic rings. The van der Waals surface area contributed by atoms with Gasteiger partial charge in [0.05, 0.1) is 12.1 Å². The first-order chi connectivity index (χ1) is 62.8. The number of benzene rings is 2. The number of amides is 15. The van der Waals surface area contributed by atoms with Gasteiger partial charge in [0.15, 0.2) is 29.8 Å². The first-order valence-electron chi connectivity index (χ1n) is 43.6. The zero-order valence-corrected chi connectivity index (χ0v) is 75.7. The first kappa shape index (κ1) is 111. The molecule has 50 nitrogen and oxygen atoms in total. The topological polar surface area (TPSA) is 870 Å². The summed E-state index contributed by atoms with van der Waals surface area (Å²) in [5.74, 6) is -16.1. The molecule has 2 heterocycles. The van der Waals surface area contributed by atoms with Crippen LogP contribution in [-0.2, 0) is 80.0 Å². The number of fused-ring (bicyclic) bond motifs is 1. The van der Waals surface area contributed by atoms with Crippen LogP contribution in [0.5, 0.6) is 11.5 Å². The third-order valence-corrected chi connectivity index (χ3v) is 23.3. The predicted molar refractivity (Wildman–Crippen MR) is 495 cm³/mol. The van der Waals surface area contributed by atoms with Crippen molar-refractivity contribution in [3.63, 3.8) is 0 Å². The van der Waals surface area contributed by atoms with E-state index >= 15 is 38.4 Å². The van der Waals surface area contributed by atoms with Gasteiger partial charge in [-0.3, -0.25) is 89.4 Å². The maximum atomic E-state index is 15.6. The molecular formula is C80H135N33O17S2. The molecule has 2 aromatic carbocycles. The highest BCUT2D eigenvalue weighted by molar-refractivity contribution is 8.76. The Bertz CT molecular complexity index is 4180. The highest BCUT2D eigenvalue weighted by Gasteiger charge is 2.42. The summed E-state index contributed by atoms with van der Waals surface area (Å²) >= 11 is 0. The van der Waals surface area contributed by atoms with Gasteiger partial charge in [-0.05, 0) is 184 Å². The van der Waals surface area contributed by atoms with Crippen LogP contribution in [0.2, 0.25) is 0 Å². The van der Waals surface area contributed by atoms with Crippen molar-refractivity contribution in [2.45, 2.75) is 233 Å². The lowest BCUT2D eigenvalue weighted by atomic mass is 10.0. The summed E-state index contributed by atoms with van der Waals surface area (Å²) in [6.45, 7) is 1.51. The van der Waals surface area contributed by atoms with E-state index in [2.05, 4.69) is 95.7 Å². The van der Waals surface area contributed by atoms with Crippen molar-refractivity contribution in [3.8, 4) is 11.5 Å². The van der Waals surface area contributed by atoms with Gasteiger partial charge in [0, 0.05) is 70.2 Å². The number of carbonyl (C=O) groups excluding carboxylic acids is 15. The fraction of sp³-hybridized carbons (Fsp3) is 0.600. The van der Waals surface area contributed by atoms with Gasteiger partial charge in [0.1, 0.15) is 90.3 Å². The number of phenols is 2. The number of nitrogens with two attached hydrogens (primary N) is 9. The standard InChI is InChI=1S/C80H135N33O17S2/c1-44-62(117)103-51(15-2-4-30-81)66(121)108-56(16-3-5-31-82)74(129)113-38-12-21-61(113)73(128)110-58(40-46-24-28-49(116)29-25-46)70(125)107-53(18-9-35-98-78(90)91)65(120)106-55(20-11-37-100-80(94)130)67(122)111-59(71(126)102-47(41-114)13-6-32-95-75(84)85)42-131-132-43-60(72(127)109-57(69(124)101-44)39-45-22-26-48(115)27-23-45)112-68(123)54(19-10-36-99-79(92)93)105-64(119)52(17-8-34-97-77(88)89)104-63(118)50(83)14-7-33-96-76(86)87/h22-29,41,44,47,50-61,115-116H,2-21,30-40,42-43,81-83H2,1H3,(H,101,124)(H,102,126)(H,103,117)(H,104,118)(H,105,119)(H,106,120)(H,107,125)(H,108,121)(H,109,127)(H,110,128)(H,111,122)(H,112,123)(H4,84,85,95)(H4,86,87,96)(H4,88,89,97)(H4,90,91,98)(H4,92,93,99)(H3,94,100,130)/t44-,47-,50-,51-,52-,53-,54-,55-,56+,57-,58-,59-,60-,61-/m0/s1. The number of guanidine groups is 5. The fourth-order valence-electron chi connectivity index (χ4n) is 13.8. The maximum absolute atomic E-state index is 15.6. The second-order valence-corrected chi connectivity index (χ2v) is 34.2. The van der Waals surface area contributed by atoms with Crippen molar-refractivity contribution in [1.29, 1.82) is 27.0 Å². The normalized spacial score (nSPS) is 20.9. The number of hydrogen-bond acceptors (Lipinski definition) is 27. The average molecular weight is 1900 g/mol. The van der Waals surface area contributed by atoms with Crippen molar-refractivity contribution in [2.75, 3.05) is 70.4 Å². The highest BCUT2D eigenvalue weighted by Crippen LogP contribution is 2.26. The summed E-state index contributed by atoms with van der Waals surface area (Å²) < 4.78 is 0. The van der Waals surface area contributed by atoms with E-state index in [1.165, 1.54) is 60.4 Å². The Labute approximate surface area is 772 Å². The molecule has 4 rings (SSSR count). The number of nitrogens with zero attached hydrogens (tertiary/aromatic N) is 1. The van der Waals surface area contributed by atoms with E-state index in [-0.39, 0.29) is 198 Å². The fourth-order valence-corrected chi connectivity index (χ4v) is 16.1. The number of carbonyl (C=O) groups is 15. The minimum Gasteiger partial charge on any atom is -0.508 e. The van der Waals surface area contributed by atoms with Gasteiger partial charge in [0.2, 0.25) is 76.8 Å². The highest BCUT2D eigenvalue weighted by atomic mass is 33.1. The SMILES string of the molecule is C[C@@H]1NC(=O)[C@H](Cc2ccc(O)cc2)NC(=O)[C@@H](NC(=O)[C@H](CCCNC(=N)N)NC(=O)[C@H](CCCNC(=N)N)NC(=O)[C@@H](N)CCCNC(=N)N)CSSC[C@@H](C(=O)N[C@H](C=O)CCCNC(=N)N)NC(=O)[C@H](CCCNC(N)=O)NC(=O)[C@H](CCCNC(=N)N)NC(=O)[C@H](Cc2ccc(O)cc2)NC(=O)[C@@H]2CCCN2C(=O)[C@@H](CCCCN)NC(=O)[C@H](CCCCN)NC1=O. The number of unbranched alkanes of at least 4 members (excludes halogenated alkanes) is 2. The predicted octanol–water partition coefficient (Wildman–Crippen LogP) is -8.34. The third kappa shape index (κ3) is 43.6. The van der Waals surface area contributed by atoms with Crippen LogP contribution in [0, 0.1) is 27.0 Å². The van der Waals surface area contributed by atoms with E-state index in [0.717, 1.165) is 21.6 Å². The number of urea groups is 1. The van der Waals surface area contributed by atoms with Gasteiger partial charge in [-0.2, -0.15) is 0 Å². The van der Waals surface area contributed by atoms with Gasteiger partial charge in [0.25, 0.3) is 0 Å². The van der Waals surface area contributed by atoms with E-state index in [9.17, 15) is 43.8 Å². The molecule has 132 heavy (non-hydrogen) atoms. The van der Waals surface area contributed by atoms with Gasteiger partial charge in [-0.15, -0.1) is 0 Å². The molecule has 2 saturated heterocycles. The van der Waals surface area contributed by atoms with Gasteiger partial charge >= 0.3 is 6.03 Å². The Balaban J connectivity index is 2.06. The van der Waals surface area contributed by atoms with Crippen molar-refractivity contribution in [2.24, 2.45) is 51.6 Å². The summed E-state index contributed by atoms with van der Waals surface area (Å²) in [4.78, 5) is 221. The number of phenolic OH excluding ortho intramolecular Hbond substituents is 2. The van der Waals surface area contributed by atoms with Crippen molar-refractivity contribution in [3.05, 3.63) is 59.7 Å². The van der Waals surface area contributed by atoms with Crippen LogP contribution in [0.1, 0.15) is 146 Å². The van der Waals surface area contributed by atoms with E-state index < -0.39 is 209 Å². The molecule has 0 saturated carbocycles. The summed E-state index contributed by atoms with van der Waals surface area (Å²) in [6.07, 6.45) is 0.326. The molecule has 0 unspecified atom stereocenters. The number of hydrogen-bond donors (Lipinski definition) is 34. The van der Waals surface area contributed by atoms with Crippen LogP contribution in [0.4, 0.5) is 4.79 Å². The number of rotatable bonds is 45. The van der Waals surface area contributed by atoms with Crippen molar-refractivity contribution >= 4 is 140 Å². The maximum Gasteiger partial charge on any atom is 0.312 e. The van der Waals surface area contributed by atoms with E-state index in [0.29, 0.717) is 30.3 Å². The van der Waals surface area contributed by atoms with Crippen LogP contribution in [0.3, 0.4) is 0 Å². The number of nitrogens with one attached hydrogen (secondary N) is 23. The van der Waals surface area contributed by atoms with Crippen molar-refractivity contribution < 1.29 is 82.1 Å². The average Bonchev–Trinajstić information content (AvgIpc) is 1.65. The molecule has 43 N–H and O–H groups in total. The molecule has 14 atom stereocenters. The number of aromatic hydroxyl groups is 2. The Morgan fingerprint density at radius 2 is 0.848 bits per heavy atom. The summed E-state index contributed by atoms with van der Waals surface area (Å²) in [6, 6.07) is -11.5. The lowest BCUT2D eigenvalue weighted by Crippen LogP contribution is -2.61. The van der Waals surface area contributed by atoms with E-state index in [4.69, 9.17) is 78.6 Å². The molecule has 2 aromatic rings. The van der Waals surface area contributed by atoms with E-state index in [1.54, 1.807) is 0 Å². The molecule has 0 aliphatic carbocycles. The largest absolute Gasteiger partial charge is 0.508 e. The molecule has 0 bridgehead atoms. The van der Waals surface area contributed by atoms with Crippen LogP contribution in [0.25, 0.3) is 0 Å². The Morgan fingerprint density at radius 1 is 0.455 bits per heavy atom. The quantitative estimate of drug-likeness (QED) is 0.00963. The lowest BCUT2D eigenvalue weighted by molar-refractivity contribution is -0.142. The third-order valence-electron chi connectivity index (χ3n) is 20.9. The van der Waals surface area contributed by atoms with Gasteiger partial charge in [-0.25, -0.2) is 4.79 Å². The first-order valence-corrected chi connectivity index (χ1v) is 46.1. The smallest absolute Gasteiger partial charge is 0.312 e. The van der Waals surface area contributed by atoms with Crippen LogP contribution in [0.15, 0.2) is 48.5 Å². The minimum atomic E-state index is -1.84. The molecule has 0 radical (unpaired) electrons. The molecular weight excluding hydrogens is 1760 g/mol. The van der Waals surface area contributed by atoms with Crippen LogP contribution < -0.4 is 147 Å². The van der Waals surface area contributed by atoms with Crippen LogP contribution in [-0.4, -0.2) is 289 Å². The molecule has 15 amide bonds. The summed E-state index contributed by atoms with van der Waals surface area (Å²) in [5, 5.41) is 107. The summed E-state index contributed by atoms with van der Waals surface area (Å²) in [7, 11) is 1.55. The second kappa shape index (κ2) is 60.8. The Hall–Kier alpha value is -13.0. The molecule has 2 fully saturated rings. The van der Waals surface area contributed by atoms with Crippen molar-refractivity contribution in [1.82, 2.24) is 101 Å². The zero-order chi connectivity index (χ0) is 97.8. The lowest BCUT2D eigenvalue weighted by Gasteiger charge is -2.31. The molecule has 0 aromatic heterocycles. The minimum absolute atomic E-state index is 0.0151. The molecule has 734 valence electrons. The van der Waals surface area contributed by atoms with E-state index in [1.807, 2.05) is 0 Å². The molecule has 52 heteroatoms. The second-order valence-electron chi connectivity index (χ2n) is 31.6. The van der Waals surface area contributed by atoms with Gasteiger partial charge in [-0.1, -0.05) is 45.9 Å². The molecule has 2 aliphatic heterocycles. The zero-order valence-electron chi connectivity index (χ0n) is 74.1. The monoisotopic (exact) mass is 1890 g/mol. The van der Waals surface area contributed by atoms with Crippen LogP contribution >= 0.6 is 21.6 Å². The Kier molecular flexibility index (Phi) is 51.3.